The Bertz CT molecular complexity index is 389. The zero-order chi connectivity index (χ0) is 24.8. The molecule has 0 saturated heterocycles. The summed E-state index contributed by atoms with van der Waals surface area (Å²) in [7, 11) is -4.67. The Morgan fingerprint density at radius 3 is 0.909 bits per heavy atom. The minimum absolute atomic E-state index is 0. The molecule has 0 rings (SSSR count). The van der Waals surface area contributed by atoms with Crippen molar-refractivity contribution in [2.24, 2.45) is 0 Å². The van der Waals surface area contributed by atoms with Crippen LogP contribution in [0.2, 0.25) is 0 Å². The van der Waals surface area contributed by atoms with Crippen LogP contribution in [0.4, 0.5) is 0 Å². The normalized spacial score (nSPS) is 10.4. The van der Waals surface area contributed by atoms with E-state index in [-0.39, 0.29) is 29.6 Å². The Hall–Kier alpha value is 0.570. The van der Waals surface area contributed by atoms with E-state index in [1.165, 1.54) is 128 Å². The van der Waals surface area contributed by atoms with Gasteiger partial charge in [0.2, 0.25) is 0 Å². The van der Waals surface area contributed by atoms with Crippen LogP contribution in [0.5, 0.6) is 0 Å². The molecular weight excluding hydrogens is 447 g/mol. The molecule has 7 heteroatoms. The molecule has 0 aliphatic rings. The summed E-state index contributed by atoms with van der Waals surface area (Å²) in [5.41, 5.74) is 0. The van der Waals surface area contributed by atoms with Crippen LogP contribution in [0.25, 0.3) is 0 Å². The standard InChI is InChI=1S/C24H50O.C2H4.Na.H2O4S.H/c1-3-5-7-9-11-13-15-17-19-21-23-25-24-22-20-18-16-14-12-10-8-6-4-2;1-2;;1-5(2,3)4;/h3-24H2,1-2H3;1-2H2;;(H2,1,2,3,4);. The van der Waals surface area contributed by atoms with Crippen LogP contribution in [-0.2, 0) is 15.1 Å². The third-order valence-electron chi connectivity index (χ3n) is 5.28. The van der Waals surface area contributed by atoms with Gasteiger partial charge in [-0.25, -0.2) is 0 Å². The Kier molecular flexibility index (Phi) is 45.8. The maximum absolute atomic E-state index is 8.74. The van der Waals surface area contributed by atoms with Crippen molar-refractivity contribution in [1.82, 2.24) is 0 Å². The zero-order valence-corrected chi connectivity index (χ0v) is 22.3. The van der Waals surface area contributed by atoms with Gasteiger partial charge in [-0.05, 0) is 12.8 Å². The van der Waals surface area contributed by atoms with Crippen LogP contribution in [0.15, 0.2) is 13.2 Å². The Morgan fingerprint density at radius 1 is 0.515 bits per heavy atom. The van der Waals surface area contributed by atoms with E-state index in [1.807, 2.05) is 0 Å². The van der Waals surface area contributed by atoms with Crippen LogP contribution in [0.3, 0.4) is 0 Å². The Morgan fingerprint density at radius 2 is 0.697 bits per heavy atom. The fourth-order valence-electron chi connectivity index (χ4n) is 3.49. The summed E-state index contributed by atoms with van der Waals surface area (Å²) in [4.78, 5) is 0. The molecule has 0 aromatic rings. The van der Waals surface area contributed by atoms with Crippen LogP contribution in [0, 0.1) is 0 Å². The second-order valence-electron chi connectivity index (χ2n) is 8.42. The molecule has 0 aromatic heterocycles. The molecule has 0 aliphatic carbocycles. The van der Waals surface area contributed by atoms with E-state index >= 15 is 0 Å². The number of hydrogen-bond acceptors (Lipinski definition) is 3. The molecule has 0 aliphatic heterocycles. The zero-order valence-electron chi connectivity index (χ0n) is 21.5. The quantitative estimate of drug-likeness (QED) is 0.0670. The van der Waals surface area contributed by atoms with Crippen molar-refractivity contribution >= 4 is 40.0 Å². The van der Waals surface area contributed by atoms with Crippen molar-refractivity contribution < 1.29 is 22.3 Å². The third-order valence-corrected chi connectivity index (χ3v) is 5.28. The van der Waals surface area contributed by atoms with E-state index in [1.54, 1.807) is 0 Å². The summed E-state index contributed by atoms with van der Waals surface area (Å²) in [6.45, 7) is 12.6. The number of unbranched alkanes of at least 4 members (excludes halogenated alkanes) is 18. The first-order valence-electron chi connectivity index (χ1n) is 13.2. The molecule has 5 nitrogen and oxygen atoms in total. The monoisotopic (exact) mass is 504 g/mol. The van der Waals surface area contributed by atoms with Crippen molar-refractivity contribution in [3.63, 3.8) is 0 Å². The first-order valence-corrected chi connectivity index (χ1v) is 14.6. The first-order chi connectivity index (χ1) is 15.4. The molecule has 0 atom stereocenters. The van der Waals surface area contributed by atoms with E-state index < -0.39 is 10.4 Å². The van der Waals surface area contributed by atoms with E-state index in [4.69, 9.17) is 22.3 Å². The topological polar surface area (TPSA) is 83.8 Å². The van der Waals surface area contributed by atoms with Crippen molar-refractivity contribution in [2.45, 2.75) is 142 Å². The maximum atomic E-state index is 8.74. The van der Waals surface area contributed by atoms with Crippen molar-refractivity contribution in [3.8, 4) is 0 Å². The molecule has 0 fully saturated rings. The van der Waals surface area contributed by atoms with Gasteiger partial charge in [0.15, 0.2) is 0 Å². The fraction of sp³-hybridized carbons (Fsp3) is 0.923. The van der Waals surface area contributed by atoms with Gasteiger partial charge in [0.05, 0.1) is 0 Å². The van der Waals surface area contributed by atoms with E-state index in [2.05, 4.69) is 27.0 Å². The van der Waals surface area contributed by atoms with Crippen molar-refractivity contribution in [2.75, 3.05) is 13.2 Å². The predicted octanol–water partition coefficient (Wildman–Crippen LogP) is 8.35. The van der Waals surface area contributed by atoms with Gasteiger partial charge < -0.3 is 4.74 Å². The third kappa shape index (κ3) is 59.8. The molecule has 33 heavy (non-hydrogen) atoms. The molecule has 0 amide bonds. The van der Waals surface area contributed by atoms with E-state index in [0.717, 1.165) is 13.2 Å². The fourth-order valence-corrected chi connectivity index (χ4v) is 3.49. The SMILES string of the molecule is C=C.CCCCCCCCCCCCOCCCCCCCCCCCC.O=S(=O)(O)O.[NaH]. The molecule has 0 heterocycles. The van der Waals surface area contributed by atoms with Crippen LogP contribution in [0.1, 0.15) is 142 Å². The summed E-state index contributed by atoms with van der Waals surface area (Å²) in [6, 6.07) is 0. The molecule has 0 saturated carbocycles. The summed E-state index contributed by atoms with van der Waals surface area (Å²) >= 11 is 0. The average molecular weight is 505 g/mol. The summed E-state index contributed by atoms with van der Waals surface area (Å²) in [5.74, 6) is 0. The van der Waals surface area contributed by atoms with Gasteiger partial charge in [-0.1, -0.05) is 129 Å². The van der Waals surface area contributed by atoms with Crippen LogP contribution < -0.4 is 0 Å². The van der Waals surface area contributed by atoms with Gasteiger partial charge in [0.25, 0.3) is 0 Å². The average Bonchev–Trinajstić information content (AvgIpc) is 2.75. The van der Waals surface area contributed by atoms with Crippen LogP contribution >= 0.6 is 0 Å². The second-order valence-corrected chi connectivity index (χ2v) is 9.32. The van der Waals surface area contributed by atoms with Gasteiger partial charge in [-0.15, -0.1) is 13.2 Å². The molecule has 0 radical (unpaired) electrons. The van der Waals surface area contributed by atoms with Gasteiger partial charge >= 0.3 is 40.0 Å². The predicted molar refractivity (Wildman–Crippen MR) is 147 cm³/mol. The minimum atomic E-state index is -4.67. The molecule has 198 valence electrons. The Labute approximate surface area is 229 Å². The molecule has 0 aromatic carbocycles. The van der Waals surface area contributed by atoms with E-state index in [0.29, 0.717) is 0 Å². The molecule has 0 bridgehead atoms. The number of ether oxygens (including phenoxy) is 1. The van der Waals surface area contributed by atoms with Gasteiger partial charge in [-0.2, -0.15) is 8.42 Å². The number of rotatable bonds is 22. The van der Waals surface area contributed by atoms with Crippen LogP contribution in [-0.4, -0.2) is 60.3 Å². The first kappa shape index (κ1) is 40.7. The van der Waals surface area contributed by atoms with Crippen molar-refractivity contribution in [3.05, 3.63) is 13.2 Å². The molecule has 2 N–H and O–H groups in total. The Balaban J connectivity index is -0.000000460. The molecule has 0 unspecified atom stereocenters. The van der Waals surface area contributed by atoms with E-state index in [9.17, 15) is 0 Å². The van der Waals surface area contributed by atoms with Gasteiger partial charge in [-0.3, -0.25) is 9.11 Å². The molecular formula is C26H57NaO5S. The van der Waals surface area contributed by atoms with Crippen molar-refractivity contribution in [1.29, 1.82) is 0 Å². The summed E-state index contributed by atoms with van der Waals surface area (Å²) in [6.07, 6.45) is 28.2. The second kappa shape index (κ2) is 37.1. The summed E-state index contributed by atoms with van der Waals surface area (Å²) in [5, 5.41) is 0. The molecule has 0 spiro atoms. The summed E-state index contributed by atoms with van der Waals surface area (Å²) < 4.78 is 37.4. The van der Waals surface area contributed by atoms with Gasteiger partial charge in [0, 0.05) is 13.2 Å². The van der Waals surface area contributed by atoms with Gasteiger partial charge in [0.1, 0.15) is 0 Å². The number of hydrogen-bond donors (Lipinski definition) is 2.